The van der Waals surface area contributed by atoms with E-state index >= 15 is 0 Å². The van der Waals surface area contributed by atoms with Crippen molar-refractivity contribution in [3.05, 3.63) is 70.3 Å². The predicted molar refractivity (Wildman–Crippen MR) is 104 cm³/mol. The number of carbonyl (C=O) groups excluding carboxylic acids is 1. The third-order valence-electron chi connectivity index (χ3n) is 3.80. The van der Waals surface area contributed by atoms with Crippen molar-refractivity contribution in [2.45, 2.75) is 11.8 Å². The number of hydrogen-bond acceptors (Lipinski definition) is 7. The van der Waals surface area contributed by atoms with E-state index < -0.39 is 4.92 Å². The van der Waals surface area contributed by atoms with E-state index in [1.54, 1.807) is 11.6 Å². The Hall–Kier alpha value is -3.47. The van der Waals surface area contributed by atoms with Gasteiger partial charge in [0.2, 0.25) is 5.91 Å². The third-order valence-corrected chi connectivity index (χ3v) is 4.82. The summed E-state index contributed by atoms with van der Waals surface area (Å²) in [5.74, 6) is 0.512. The Kier molecular flexibility index (Phi) is 6.39. The molecule has 11 heteroatoms. The normalized spacial score (nSPS) is 10.6. The number of halogens is 1. The zero-order chi connectivity index (χ0) is 20.8. The van der Waals surface area contributed by atoms with Crippen LogP contribution in [0.25, 0.3) is 0 Å². The molecule has 0 spiro atoms. The summed E-state index contributed by atoms with van der Waals surface area (Å²) in [7, 11) is 1.75. The zero-order valence-electron chi connectivity index (χ0n) is 15.2. The van der Waals surface area contributed by atoms with Crippen LogP contribution in [0.1, 0.15) is 5.82 Å². The number of nitrogens with one attached hydrogen (secondary N) is 1. The molecule has 3 aromatic rings. The van der Waals surface area contributed by atoms with Crippen LogP contribution >= 0.6 is 11.8 Å². The molecule has 0 atom stereocenters. The minimum absolute atomic E-state index is 0.0492. The average Bonchev–Trinajstić information content (AvgIpc) is 3.06. The Bertz CT molecular complexity index is 1010. The Labute approximate surface area is 169 Å². The number of non-ortho nitro benzene ring substituents is 1. The molecule has 2 aromatic carbocycles. The molecule has 0 fully saturated rings. The van der Waals surface area contributed by atoms with Crippen LogP contribution in [0.15, 0.2) is 53.7 Å². The Balaban J connectivity index is 1.50. The molecular weight excluding hydrogens is 401 g/mol. The van der Waals surface area contributed by atoms with E-state index in [9.17, 15) is 19.3 Å². The highest BCUT2D eigenvalue weighted by Crippen LogP contribution is 2.19. The van der Waals surface area contributed by atoms with Gasteiger partial charge in [0, 0.05) is 24.9 Å². The molecule has 3 rings (SSSR count). The lowest BCUT2D eigenvalue weighted by Gasteiger charge is -2.07. The Morgan fingerprint density at radius 1 is 1.21 bits per heavy atom. The number of carbonyl (C=O) groups is 1. The van der Waals surface area contributed by atoms with Crippen LogP contribution in [0.4, 0.5) is 15.8 Å². The molecule has 0 bridgehead atoms. The summed E-state index contributed by atoms with van der Waals surface area (Å²) >= 11 is 1.19. The first-order valence-corrected chi connectivity index (χ1v) is 9.34. The number of anilines is 1. The maximum atomic E-state index is 12.9. The van der Waals surface area contributed by atoms with Crippen molar-refractivity contribution in [1.82, 2.24) is 14.8 Å². The third kappa shape index (κ3) is 5.51. The van der Waals surface area contributed by atoms with Crippen LogP contribution in [-0.2, 0) is 18.4 Å². The smallest absolute Gasteiger partial charge is 0.269 e. The lowest BCUT2D eigenvalue weighted by molar-refractivity contribution is -0.384. The van der Waals surface area contributed by atoms with Crippen LogP contribution < -0.4 is 10.1 Å². The summed E-state index contributed by atoms with van der Waals surface area (Å²) in [5, 5.41) is 21.9. The first-order chi connectivity index (χ1) is 13.9. The number of nitro groups is 1. The molecule has 0 radical (unpaired) electrons. The maximum absolute atomic E-state index is 12.9. The highest BCUT2D eigenvalue weighted by atomic mass is 32.2. The number of ether oxygens (including phenoxy) is 1. The monoisotopic (exact) mass is 417 g/mol. The zero-order valence-corrected chi connectivity index (χ0v) is 16.1. The minimum Gasteiger partial charge on any atom is -0.486 e. The van der Waals surface area contributed by atoms with E-state index in [1.807, 2.05) is 0 Å². The Morgan fingerprint density at radius 3 is 2.55 bits per heavy atom. The summed E-state index contributed by atoms with van der Waals surface area (Å²) in [4.78, 5) is 22.2. The standard InChI is InChI=1S/C18H16FN5O4S/c1-23-16(10-28-15-8-2-12(19)3-9-15)21-22-18(23)29-11-17(25)20-13-4-6-14(7-5-13)24(26)27/h2-9H,10-11H2,1H3,(H,20,25). The largest absolute Gasteiger partial charge is 0.486 e. The second-order valence-corrected chi connectivity index (χ2v) is 6.78. The number of thioether (sulfide) groups is 1. The van der Waals surface area contributed by atoms with Gasteiger partial charge < -0.3 is 14.6 Å². The maximum Gasteiger partial charge on any atom is 0.269 e. The highest BCUT2D eigenvalue weighted by Gasteiger charge is 2.13. The lowest BCUT2D eigenvalue weighted by atomic mass is 10.3. The van der Waals surface area contributed by atoms with E-state index in [-0.39, 0.29) is 29.8 Å². The number of nitro benzene ring substituents is 1. The minimum atomic E-state index is -0.507. The number of amides is 1. The van der Waals surface area contributed by atoms with Crippen molar-refractivity contribution in [2.75, 3.05) is 11.1 Å². The van der Waals surface area contributed by atoms with Crippen LogP contribution in [0.5, 0.6) is 5.75 Å². The molecule has 0 unspecified atom stereocenters. The molecule has 0 aliphatic heterocycles. The summed E-state index contributed by atoms with van der Waals surface area (Å²) in [5.41, 5.74) is 0.416. The van der Waals surface area contributed by atoms with Gasteiger partial charge in [0.05, 0.1) is 10.7 Å². The van der Waals surface area contributed by atoms with E-state index in [2.05, 4.69) is 15.5 Å². The SMILES string of the molecule is Cn1c(COc2ccc(F)cc2)nnc1SCC(=O)Nc1ccc([N+](=O)[O-])cc1. The van der Waals surface area contributed by atoms with Crippen LogP contribution in [-0.4, -0.2) is 31.3 Å². The number of benzene rings is 2. The van der Waals surface area contributed by atoms with Crippen LogP contribution in [0, 0.1) is 15.9 Å². The lowest BCUT2D eigenvalue weighted by Crippen LogP contribution is -2.14. The van der Waals surface area contributed by atoms with Gasteiger partial charge in [0.1, 0.15) is 18.2 Å². The first-order valence-electron chi connectivity index (χ1n) is 8.36. The van der Waals surface area contributed by atoms with Gasteiger partial charge in [-0.2, -0.15) is 0 Å². The predicted octanol–water partition coefficient (Wildman–Crippen LogP) is 3.17. The van der Waals surface area contributed by atoms with Crippen molar-refractivity contribution in [1.29, 1.82) is 0 Å². The molecule has 9 nitrogen and oxygen atoms in total. The molecule has 0 aliphatic carbocycles. The quantitative estimate of drug-likeness (QED) is 0.340. The van der Waals surface area contributed by atoms with E-state index in [0.29, 0.717) is 22.4 Å². The van der Waals surface area contributed by atoms with Gasteiger partial charge >= 0.3 is 0 Å². The van der Waals surface area contributed by atoms with Crippen LogP contribution in [0.2, 0.25) is 0 Å². The number of aromatic nitrogens is 3. The van der Waals surface area contributed by atoms with E-state index in [1.165, 1.54) is 60.3 Å². The van der Waals surface area contributed by atoms with Gasteiger partial charge in [-0.25, -0.2) is 4.39 Å². The average molecular weight is 417 g/mol. The van der Waals surface area contributed by atoms with E-state index in [4.69, 9.17) is 4.74 Å². The van der Waals surface area contributed by atoms with Crippen molar-refractivity contribution in [3.63, 3.8) is 0 Å². The topological polar surface area (TPSA) is 112 Å². The summed E-state index contributed by atoms with van der Waals surface area (Å²) in [6, 6.07) is 11.2. The second kappa shape index (κ2) is 9.15. The second-order valence-electron chi connectivity index (χ2n) is 5.84. The molecule has 0 saturated heterocycles. The fourth-order valence-electron chi connectivity index (χ4n) is 2.27. The molecule has 29 heavy (non-hydrogen) atoms. The molecule has 150 valence electrons. The van der Waals surface area contributed by atoms with Gasteiger partial charge in [0.15, 0.2) is 11.0 Å². The first kappa shape index (κ1) is 20.3. The molecule has 0 aliphatic rings. The van der Waals surface area contributed by atoms with Crippen molar-refractivity contribution in [3.8, 4) is 5.75 Å². The summed E-state index contributed by atoms with van der Waals surface area (Å²) < 4.78 is 20.2. The molecular formula is C18H16FN5O4S. The fourth-order valence-corrected chi connectivity index (χ4v) is 3.00. The molecule has 1 aromatic heterocycles. The van der Waals surface area contributed by atoms with Crippen molar-refractivity contribution < 1.29 is 18.8 Å². The number of rotatable bonds is 8. The van der Waals surface area contributed by atoms with Gasteiger partial charge in [-0.05, 0) is 36.4 Å². The number of nitrogens with zero attached hydrogens (tertiary/aromatic N) is 4. The summed E-state index contributed by atoms with van der Waals surface area (Å²) in [6.45, 7) is 0.144. The molecule has 1 heterocycles. The fraction of sp³-hybridized carbons (Fsp3) is 0.167. The van der Waals surface area contributed by atoms with Crippen molar-refractivity contribution in [2.24, 2.45) is 7.05 Å². The molecule has 1 N–H and O–H groups in total. The van der Waals surface area contributed by atoms with Crippen molar-refractivity contribution >= 4 is 29.0 Å². The van der Waals surface area contributed by atoms with E-state index in [0.717, 1.165) is 0 Å². The van der Waals surface area contributed by atoms with Gasteiger partial charge in [0.25, 0.3) is 5.69 Å². The summed E-state index contributed by atoms with van der Waals surface area (Å²) in [6.07, 6.45) is 0. The molecule has 0 saturated carbocycles. The van der Waals surface area contributed by atoms with Gasteiger partial charge in [-0.3, -0.25) is 14.9 Å². The van der Waals surface area contributed by atoms with Gasteiger partial charge in [-0.1, -0.05) is 11.8 Å². The van der Waals surface area contributed by atoms with Crippen LogP contribution in [0.3, 0.4) is 0 Å². The Morgan fingerprint density at radius 2 is 1.90 bits per heavy atom. The molecule has 1 amide bonds. The number of hydrogen-bond donors (Lipinski definition) is 1. The van der Waals surface area contributed by atoms with Gasteiger partial charge in [-0.15, -0.1) is 10.2 Å². The highest BCUT2D eigenvalue weighted by molar-refractivity contribution is 7.99.